The summed E-state index contributed by atoms with van der Waals surface area (Å²) in [5.74, 6) is -1.71. The number of hydrogen-bond acceptors (Lipinski definition) is 2. The minimum atomic E-state index is -0.899. The van der Waals surface area contributed by atoms with Crippen molar-refractivity contribution in [3.63, 3.8) is 0 Å². The second-order valence-electron chi connectivity index (χ2n) is 6.62. The normalized spacial score (nSPS) is 11.4. The molecule has 27 heavy (non-hydrogen) atoms. The van der Waals surface area contributed by atoms with Gasteiger partial charge in [-0.3, -0.25) is 4.68 Å². The van der Waals surface area contributed by atoms with Crippen molar-refractivity contribution in [1.29, 1.82) is 0 Å². The van der Waals surface area contributed by atoms with E-state index in [9.17, 15) is 13.2 Å². The van der Waals surface area contributed by atoms with Crippen LogP contribution in [0.4, 0.5) is 19.0 Å². The maximum Gasteiger partial charge on any atom is 0.159 e. The number of nitrogen functional groups attached to an aromatic ring is 1. The predicted octanol–water partition coefficient (Wildman–Crippen LogP) is 4.40. The van der Waals surface area contributed by atoms with Gasteiger partial charge in [-0.2, -0.15) is 5.10 Å². The lowest BCUT2D eigenvalue weighted by molar-refractivity contribution is 0.506. The monoisotopic (exact) mass is 370 g/mol. The zero-order chi connectivity index (χ0) is 19.3. The number of benzene rings is 2. The van der Waals surface area contributed by atoms with Gasteiger partial charge in [-0.05, 0) is 42.3 Å². The third-order valence-corrected chi connectivity index (χ3v) is 4.67. The van der Waals surface area contributed by atoms with Gasteiger partial charge in [0.2, 0.25) is 0 Å². The number of hydrogen-bond donors (Lipinski definition) is 1. The fourth-order valence-electron chi connectivity index (χ4n) is 3.35. The molecule has 0 bridgehead atoms. The molecule has 0 spiro atoms. The minimum Gasteiger partial charge on any atom is -0.384 e. The number of nitrogens with zero attached hydrogens (tertiary/aromatic N) is 3. The average molecular weight is 370 g/mol. The van der Waals surface area contributed by atoms with E-state index in [1.165, 1.54) is 28.9 Å². The molecule has 0 radical (unpaired) electrons. The molecular weight excluding hydrogens is 353 g/mol. The molecule has 2 N–H and O–H groups in total. The summed E-state index contributed by atoms with van der Waals surface area (Å²) < 4.78 is 44.4. The van der Waals surface area contributed by atoms with Crippen molar-refractivity contribution in [2.75, 3.05) is 5.73 Å². The molecule has 0 saturated carbocycles. The van der Waals surface area contributed by atoms with Gasteiger partial charge in [0.1, 0.15) is 11.6 Å². The predicted molar refractivity (Wildman–Crippen MR) is 98.7 cm³/mol. The number of rotatable bonds is 3. The largest absolute Gasteiger partial charge is 0.384 e. The molecule has 0 amide bonds. The third kappa shape index (κ3) is 2.95. The average Bonchev–Trinajstić information content (AvgIpc) is 3.10. The van der Waals surface area contributed by atoms with Gasteiger partial charge < -0.3 is 10.3 Å². The van der Waals surface area contributed by atoms with Crippen molar-refractivity contribution in [2.24, 2.45) is 7.05 Å². The van der Waals surface area contributed by atoms with Gasteiger partial charge in [-0.15, -0.1) is 0 Å². The molecule has 0 aliphatic heterocycles. The van der Waals surface area contributed by atoms with Crippen LogP contribution < -0.4 is 5.73 Å². The highest BCUT2D eigenvalue weighted by atomic mass is 19.2. The fraction of sp³-hybridized carbons (Fsp3) is 0.150. The molecule has 2 aromatic heterocycles. The van der Waals surface area contributed by atoms with Crippen LogP contribution in [0.1, 0.15) is 11.1 Å². The number of aryl methyl sites for hydroxylation is 2. The van der Waals surface area contributed by atoms with Crippen molar-refractivity contribution in [3.05, 3.63) is 71.2 Å². The summed E-state index contributed by atoms with van der Waals surface area (Å²) in [6.07, 6.45) is 1.86. The maximum absolute atomic E-state index is 14.2. The van der Waals surface area contributed by atoms with E-state index in [1.54, 1.807) is 13.1 Å². The van der Waals surface area contributed by atoms with Crippen LogP contribution in [0.2, 0.25) is 0 Å². The number of halogens is 3. The standard InChI is InChI=1S/C20H17F3N4/c1-11-9-27(10-12-3-4-16(22)17(23)5-12)20-14(11)6-13(21)7-15(20)18-8-19(24)26(2)25-18/h3-9H,10,24H2,1-2H3. The maximum atomic E-state index is 14.2. The fourth-order valence-corrected chi connectivity index (χ4v) is 3.35. The first-order valence-corrected chi connectivity index (χ1v) is 8.36. The van der Waals surface area contributed by atoms with Crippen LogP contribution in [-0.2, 0) is 13.6 Å². The Morgan fingerprint density at radius 1 is 1.04 bits per heavy atom. The molecule has 4 rings (SSSR count). The Hall–Kier alpha value is -3.22. The van der Waals surface area contributed by atoms with Crippen LogP contribution in [0.15, 0.2) is 42.6 Å². The first-order valence-electron chi connectivity index (χ1n) is 8.36. The Balaban J connectivity index is 1.92. The van der Waals surface area contributed by atoms with E-state index in [1.807, 2.05) is 17.7 Å². The van der Waals surface area contributed by atoms with Gasteiger partial charge in [-0.25, -0.2) is 13.2 Å². The highest BCUT2D eigenvalue weighted by Crippen LogP contribution is 2.33. The second kappa shape index (κ2) is 6.19. The molecular formula is C20H17F3N4. The minimum absolute atomic E-state index is 0.308. The van der Waals surface area contributed by atoms with E-state index in [-0.39, 0.29) is 5.82 Å². The summed E-state index contributed by atoms with van der Waals surface area (Å²) in [5, 5.41) is 5.09. The van der Waals surface area contributed by atoms with Gasteiger partial charge in [0, 0.05) is 36.8 Å². The smallest absolute Gasteiger partial charge is 0.159 e. The summed E-state index contributed by atoms with van der Waals surface area (Å²) in [6.45, 7) is 2.18. The molecule has 4 nitrogen and oxygen atoms in total. The first kappa shape index (κ1) is 17.2. The molecule has 0 unspecified atom stereocenters. The summed E-state index contributed by atoms with van der Waals surface area (Å²) in [4.78, 5) is 0. The van der Waals surface area contributed by atoms with Gasteiger partial charge >= 0.3 is 0 Å². The van der Waals surface area contributed by atoms with Gasteiger partial charge in [0.15, 0.2) is 11.6 Å². The lowest BCUT2D eigenvalue weighted by Crippen LogP contribution is -2.01. The Kier molecular flexibility index (Phi) is 3.95. The van der Waals surface area contributed by atoms with E-state index in [0.717, 1.165) is 22.5 Å². The molecule has 2 heterocycles. The number of fused-ring (bicyclic) bond motifs is 1. The van der Waals surface area contributed by atoms with Crippen molar-refractivity contribution in [2.45, 2.75) is 13.5 Å². The van der Waals surface area contributed by atoms with E-state index in [4.69, 9.17) is 5.73 Å². The van der Waals surface area contributed by atoms with Crippen LogP contribution >= 0.6 is 0 Å². The lowest BCUT2D eigenvalue weighted by atomic mass is 10.1. The topological polar surface area (TPSA) is 48.8 Å². The van der Waals surface area contributed by atoms with E-state index in [0.29, 0.717) is 29.2 Å². The van der Waals surface area contributed by atoms with Crippen LogP contribution in [0.3, 0.4) is 0 Å². The van der Waals surface area contributed by atoms with Gasteiger partial charge in [-0.1, -0.05) is 6.07 Å². The van der Waals surface area contributed by atoms with Crippen molar-refractivity contribution < 1.29 is 13.2 Å². The number of nitrogens with two attached hydrogens (primary N) is 1. The molecule has 4 aromatic rings. The molecule has 0 aliphatic carbocycles. The zero-order valence-corrected chi connectivity index (χ0v) is 14.8. The number of aromatic nitrogens is 3. The molecule has 7 heteroatoms. The van der Waals surface area contributed by atoms with E-state index < -0.39 is 11.6 Å². The third-order valence-electron chi connectivity index (χ3n) is 4.67. The quantitative estimate of drug-likeness (QED) is 0.581. The Bertz CT molecular complexity index is 1150. The van der Waals surface area contributed by atoms with Crippen molar-refractivity contribution >= 4 is 16.7 Å². The Labute approximate surface area is 153 Å². The molecule has 0 fully saturated rings. The second-order valence-corrected chi connectivity index (χ2v) is 6.62. The van der Waals surface area contributed by atoms with Gasteiger partial charge in [0.25, 0.3) is 0 Å². The Morgan fingerprint density at radius 3 is 2.48 bits per heavy atom. The van der Waals surface area contributed by atoms with Crippen LogP contribution in [0.5, 0.6) is 0 Å². The lowest BCUT2D eigenvalue weighted by Gasteiger charge is -2.10. The summed E-state index contributed by atoms with van der Waals surface area (Å²) in [5.41, 5.74) is 9.25. The van der Waals surface area contributed by atoms with Crippen molar-refractivity contribution in [3.8, 4) is 11.3 Å². The van der Waals surface area contributed by atoms with Crippen LogP contribution in [0, 0.1) is 24.4 Å². The Morgan fingerprint density at radius 2 is 1.81 bits per heavy atom. The highest BCUT2D eigenvalue weighted by molar-refractivity contribution is 5.96. The van der Waals surface area contributed by atoms with Gasteiger partial charge in [0.05, 0.1) is 11.2 Å². The molecule has 0 aliphatic rings. The van der Waals surface area contributed by atoms with E-state index >= 15 is 0 Å². The molecule has 0 atom stereocenters. The zero-order valence-electron chi connectivity index (χ0n) is 14.8. The summed E-state index contributed by atoms with van der Waals surface area (Å²) in [7, 11) is 1.71. The SMILES string of the molecule is Cc1cn(Cc2ccc(F)c(F)c2)c2c(-c3cc(N)n(C)n3)cc(F)cc12. The van der Waals surface area contributed by atoms with Crippen LogP contribution in [0.25, 0.3) is 22.2 Å². The van der Waals surface area contributed by atoms with Crippen LogP contribution in [-0.4, -0.2) is 14.3 Å². The highest BCUT2D eigenvalue weighted by Gasteiger charge is 2.17. The first-order chi connectivity index (χ1) is 12.8. The number of anilines is 1. The molecule has 138 valence electrons. The van der Waals surface area contributed by atoms with Crippen molar-refractivity contribution in [1.82, 2.24) is 14.3 Å². The molecule has 2 aromatic carbocycles. The van der Waals surface area contributed by atoms with E-state index in [2.05, 4.69) is 5.10 Å². The summed E-state index contributed by atoms with van der Waals surface area (Å²) in [6, 6.07) is 8.34. The summed E-state index contributed by atoms with van der Waals surface area (Å²) >= 11 is 0. The molecule has 0 saturated heterocycles.